The van der Waals surface area contributed by atoms with Crippen molar-refractivity contribution in [1.82, 2.24) is 0 Å². The summed E-state index contributed by atoms with van der Waals surface area (Å²) < 4.78 is 10.3. The number of carbonyl (C=O) groups is 4. The number of ether oxygens (including phenoxy) is 2. The van der Waals surface area contributed by atoms with Gasteiger partial charge in [0.15, 0.2) is 11.1 Å². The molecule has 162 valence electrons. The highest BCUT2D eigenvalue weighted by Crippen LogP contribution is 2.31. The molecule has 0 aromatic heterocycles. The lowest BCUT2D eigenvalue weighted by Crippen LogP contribution is -2.58. The van der Waals surface area contributed by atoms with Crippen molar-refractivity contribution in [3.05, 3.63) is 0 Å². The molecule has 0 aromatic rings. The first-order valence-electron chi connectivity index (χ1n) is 8.04. The zero-order valence-corrected chi connectivity index (χ0v) is 19.7. The zero-order valence-electron chi connectivity index (χ0n) is 16.6. The van der Waals surface area contributed by atoms with E-state index in [1.54, 1.807) is 41.5 Å². The Morgan fingerprint density at radius 1 is 0.714 bits per heavy atom. The van der Waals surface area contributed by atoms with Crippen LogP contribution in [-0.2, 0) is 28.7 Å². The molecule has 0 rings (SSSR count). The predicted molar refractivity (Wildman–Crippen MR) is 112 cm³/mol. The second kappa shape index (κ2) is 9.99. The van der Waals surface area contributed by atoms with E-state index in [4.69, 9.17) is 44.1 Å². The van der Waals surface area contributed by atoms with Crippen LogP contribution in [0.1, 0.15) is 41.5 Å². The van der Waals surface area contributed by atoms with Crippen LogP contribution < -0.4 is 11.5 Å². The van der Waals surface area contributed by atoms with E-state index in [1.165, 1.54) is 0 Å². The Kier molecular flexibility index (Phi) is 9.81. The van der Waals surface area contributed by atoms with E-state index in [0.717, 1.165) is 21.6 Å². The maximum absolute atomic E-state index is 12.2. The number of rotatable bonds is 9. The van der Waals surface area contributed by atoms with Crippen LogP contribution in [0.3, 0.4) is 0 Å². The van der Waals surface area contributed by atoms with E-state index in [0.29, 0.717) is 0 Å². The van der Waals surface area contributed by atoms with E-state index in [1.807, 2.05) is 0 Å². The third kappa shape index (κ3) is 8.46. The summed E-state index contributed by atoms with van der Waals surface area (Å²) in [6.45, 7) is 9.68. The summed E-state index contributed by atoms with van der Waals surface area (Å²) in [4.78, 5) is 47.9. The first-order chi connectivity index (χ1) is 12.3. The standard InChI is InChI=1S/C16H26Cl2N2O6S2/c1-13(2,3)25-11(23)15(19,9(17)21)7-27-28-8-16(20,10(18)22)12(24)26-14(4,5)6/h7-8,19-20H2,1-6H3/t15-,16-/m0/s1. The molecule has 12 heteroatoms. The highest BCUT2D eigenvalue weighted by atomic mass is 35.5. The molecule has 0 aromatic carbocycles. The monoisotopic (exact) mass is 476 g/mol. The van der Waals surface area contributed by atoms with Crippen LogP contribution in [0.25, 0.3) is 0 Å². The van der Waals surface area contributed by atoms with Gasteiger partial charge in [-0.15, -0.1) is 0 Å². The summed E-state index contributed by atoms with van der Waals surface area (Å²) in [6.07, 6.45) is 0. The predicted octanol–water partition coefficient (Wildman–Crippen LogP) is 1.98. The summed E-state index contributed by atoms with van der Waals surface area (Å²) in [7, 11) is 1.82. The summed E-state index contributed by atoms with van der Waals surface area (Å²) in [5.74, 6) is -2.55. The van der Waals surface area contributed by atoms with Gasteiger partial charge in [-0.25, -0.2) is 9.59 Å². The topological polar surface area (TPSA) is 139 Å². The highest BCUT2D eigenvalue weighted by molar-refractivity contribution is 8.76. The van der Waals surface area contributed by atoms with Gasteiger partial charge in [-0.1, -0.05) is 21.6 Å². The summed E-state index contributed by atoms with van der Waals surface area (Å²) >= 11 is 11.0. The quantitative estimate of drug-likeness (QED) is 0.167. The lowest BCUT2D eigenvalue weighted by molar-refractivity contribution is -0.163. The van der Waals surface area contributed by atoms with Crippen molar-refractivity contribution in [2.45, 2.75) is 63.8 Å². The van der Waals surface area contributed by atoms with E-state index in [2.05, 4.69) is 0 Å². The molecule has 0 aliphatic carbocycles. The van der Waals surface area contributed by atoms with Crippen molar-refractivity contribution in [3.63, 3.8) is 0 Å². The van der Waals surface area contributed by atoms with Crippen molar-refractivity contribution >= 4 is 67.2 Å². The van der Waals surface area contributed by atoms with Gasteiger partial charge in [0.25, 0.3) is 10.5 Å². The van der Waals surface area contributed by atoms with E-state index in [9.17, 15) is 19.2 Å². The summed E-state index contributed by atoms with van der Waals surface area (Å²) in [6, 6.07) is 0. The minimum Gasteiger partial charge on any atom is -0.458 e. The van der Waals surface area contributed by atoms with Crippen molar-refractivity contribution in [2.24, 2.45) is 11.5 Å². The Hall–Kier alpha value is -0.520. The van der Waals surface area contributed by atoms with Gasteiger partial charge in [0.05, 0.1) is 0 Å². The van der Waals surface area contributed by atoms with Gasteiger partial charge in [0.2, 0.25) is 0 Å². The minimum absolute atomic E-state index is 0.282. The average molecular weight is 477 g/mol. The van der Waals surface area contributed by atoms with Crippen LogP contribution >= 0.6 is 44.8 Å². The molecular weight excluding hydrogens is 451 g/mol. The molecule has 2 atom stereocenters. The number of hydrogen-bond donors (Lipinski definition) is 2. The number of hydrogen-bond acceptors (Lipinski definition) is 10. The van der Waals surface area contributed by atoms with Crippen LogP contribution in [0, 0.1) is 0 Å². The molecule has 0 heterocycles. The van der Waals surface area contributed by atoms with Gasteiger partial charge in [0, 0.05) is 11.5 Å². The van der Waals surface area contributed by atoms with Crippen LogP contribution in [0.4, 0.5) is 0 Å². The lowest BCUT2D eigenvalue weighted by atomic mass is 10.1. The molecule has 0 aliphatic heterocycles. The normalized spacial score (nSPS) is 16.5. The SMILES string of the molecule is CC(C)(C)OC(=O)[C@](N)(CSSC[C@](N)(C(=O)Cl)C(=O)OC(C)(C)C)C(=O)Cl. The largest absolute Gasteiger partial charge is 0.458 e. The summed E-state index contributed by atoms with van der Waals surface area (Å²) in [5, 5.41) is -2.20. The van der Waals surface area contributed by atoms with Gasteiger partial charge in [-0.3, -0.25) is 9.59 Å². The van der Waals surface area contributed by atoms with Gasteiger partial charge < -0.3 is 20.9 Å². The number of carbonyl (C=O) groups excluding carboxylic acids is 4. The van der Waals surface area contributed by atoms with Gasteiger partial charge in [0.1, 0.15) is 11.2 Å². The second-order valence-electron chi connectivity index (χ2n) is 8.02. The van der Waals surface area contributed by atoms with Gasteiger partial charge in [-0.05, 0) is 64.7 Å². The Bertz CT molecular complexity index is 582. The number of nitrogens with two attached hydrogens (primary N) is 2. The van der Waals surface area contributed by atoms with E-state index < -0.39 is 44.7 Å². The Labute approximate surface area is 182 Å². The Balaban J connectivity index is 5.10. The van der Waals surface area contributed by atoms with Crippen molar-refractivity contribution in [3.8, 4) is 0 Å². The number of esters is 2. The maximum atomic E-state index is 12.2. The van der Waals surface area contributed by atoms with E-state index in [-0.39, 0.29) is 11.5 Å². The van der Waals surface area contributed by atoms with Crippen LogP contribution in [0.5, 0.6) is 0 Å². The Morgan fingerprint density at radius 2 is 0.964 bits per heavy atom. The molecule has 0 saturated carbocycles. The van der Waals surface area contributed by atoms with Gasteiger partial charge in [-0.2, -0.15) is 0 Å². The highest BCUT2D eigenvalue weighted by Gasteiger charge is 2.46. The van der Waals surface area contributed by atoms with Crippen molar-refractivity contribution in [1.29, 1.82) is 0 Å². The molecule has 0 spiro atoms. The van der Waals surface area contributed by atoms with Crippen LogP contribution in [0.15, 0.2) is 0 Å². The maximum Gasteiger partial charge on any atom is 0.336 e. The van der Waals surface area contributed by atoms with Crippen LogP contribution in [0.2, 0.25) is 0 Å². The molecule has 0 unspecified atom stereocenters. The van der Waals surface area contributed by atoms with Gasteiger partial charge >= 0.3 is 11.9 Å². The third-order valence-electron chi connectivity index (χ3n) is 2.88. The molecule has 0 fully saturated rings. The zero-order chi connectivity index (χ0) is 22.6. The van der Waals surface area contributed by atoms with Crippen molar-refractivity contribution in [2.75, 3.05) is 11.5 Å². The molecule has 28 heavy (non-hydrogen) atoms. The minimum atomic E-state index is -2.11. The molecule has 0 saturated heterocycles. The van der Waals surface area contributed by atoms with Crippen LogP contribution in [-0.4, -0.2) is 56.2 Å². The Morgan fingerprint density at radius 3 is 1.14 bits per heavy atom. The fraction of sp³-hybridized carbons (Fsp3) is 0.750. The molecule has 0 bridgehead atoms. The van der Waals surface area contributed by atoms with Crippen molar-refractivity contribution < 1.29 is 28.7 Å². The second-order valence-corrected chi connectivity index (χ2v) is 11.2. The molecule has 0 aliphatic rings. The third-order valence-corrected chi connectivity index (χ3v) is 6.08. The lowest BCUT2D eigenvalue weighted by Gasteiger charge is -2.29. The molecule has 8 nitrogen and oxygen atoms in total. The van der Waals surface area contributed by atoms with E-state index >= 15 is 0 Å². The average Bonchev–Trinajstić information content (AvgIpc) is 2.46. The molecule has 4 N–H and O–H groups in total. The fourth-order valence-electron chi connectivity index (χ4n) is 1.40. The fourth-order valence-corrected chi connectivity index (χ4v) is 4.50. The summed E-state index contributed by atoms with van der Waals surface area (Å²) in [5.41, 5.74) is 5.71. The first-order valence-corrected chi connectivity index (χ1v) is 11.3. The molecular formula is C16H26Cl2N2O6S2. The number of halogens is 2. The first kappa shape index (κ1) is 27.5. The molecule has 0 amide bonds. The smallest absolute Gasteiger partial charge is 0.336 e. The molecule has 0 radical (unpaired) electrons.